The van der Waals surface area contributed by atoms with Crippen LogP contribution in [-0.2, 0) is 6.54 Å². The zero-order valence-corrected chi connectivity index (χ0v) is 8.44. The maximum absolute atomic E-state index is 8.53. The molecule has 0 aliphatic carbocycles. The van der Waals surface area contributed by atoms with Crippen LogP contribution < -0.4 is 5.32 Å². The molecule has 4 nitrogen and oxygen atoms in total. The van der Waals surface area contributed by atoms with Crippen LogP contribution in [0.1, 0.15) is 19.5 Å². The third-order valence-corrected chi connectivity index (χ3v) is 2.10. The number of rotatable bonds is 4. The van der Waals surface area contributed by atoms with Crippen LogP contribution in [-0.4, -0.2) is 21.9 Å². The van der Waals surface area contributed by atoms with E-state index in [1.165, 1.54) is 0 Å². The molecule has 0 spiro atoms. The SMILES string of the molecule is C/C(=N\O)[C@H](C)NCc1ccccn1. The third-order valence-electron chi connectivity index (χ3n) is 2.10. The van der Waals surface area contributed by atoms with E-state index in [2.05, 4.69) is 15.5 Å². The standard InChI is InChI=1S/C10H15N3O/c1-8(9(2)13-14)12-7-10-5-3-4-6-11-10/h3-6,8,12,14H,7H2,1-2H3/b13-9+/t8-/m0/s1. The third kappa shape index (κ3) is 3.14. The second-order valence-corrected chi connectivity index (χ2v) is 3.17. The average Bonchev–Trinajstić information content (AvgIpc) is 2.26. The molecule has 0 aromatic carbocycles. The van der Waals surface area contributed by atoms with Crippen molar-refractivity contribution in [2.45, 2.75) is 26.4 Å². The highest BCUT2D eigenvalue weighted by molar-refractivity contribution is 5.86. The van der Waals surface area contributed by atoms with Gasteiger partial charge in [-0.1, -0.05) is 11.2 Å². The molecule has 0 aliphatic heterocycles. The Bertz CT molecular complexity index is 297. The van der Waals surface area contributed by atoms with E-state index in [1.54, 1.807) is 13.1 Å². The Balaban J connectivity index is 2.42. The Morgan fingerprint density at radius 2 is 2.43 bits per heavy atom. The highest BCUT2D eigenvalue weighted by Gasteiger charge is 2.04. The van der Waals surface area contributed by atoms with E-state index in [0.717, 1.165) is 5.69 Å². The lowest BCUT2D eigenvalue weighted by Crippen LogP contribution is -2.32. The fraction of sp³-hybridized carbons (Fsp3) is 0.400. The molecular weight excluding hydrogens is 178 g/mol. The number of pyridine rings is 1. The van der Waals surface area contributed by atoms with Crippen LogP contribution in [0.2, 0.25) is 0 Å². The molecule has 0 radical (unpaired) electrons. The van der Waals surface area contributed by atoms with Crippen LogP contribution >= 0.6 is 0 Å². The van der Waals surface area contributed by atoms with E-state index >= 15 is 0 Å². The predicted octanol–water partition coefficient (Wildman–Crippen LogP) is 1.41. The Labute approximate surface area is 83.7 Å². The van der Waals surface area contributed by atoms with Crippen molar-refractivity contribution in [1.82, 2.24) is 10.3 Å². The van der Waals surface area contributed by atoms with Crippen molar-refractivity contribution in [3.63, 3.8) is 0 Å². The van der Waals surface area contributed by atoms with Gasteiger partial charge < -0.3 is 10.5 Å². The van der Waals surface area contributed by atoms with E-state index in [4.69, 9.17) is 5.21 Å². The van der Waals surface area contributed by atoms with Crippen LogP contribution in [0.15, 0.2) is 29.6 Å². The summed E-state index contributed by atoms with van der Waals surface area (Å²) in [5.41, 5.74) is 1.64. The summed E-state index contributed by atoms with van der Waals surface area (Å²) in [6, 6.07) is 5.84. The molecule has 2 N–H and O–H groups in total. The highest BCUT2D eigenvalue weighted by Crippen LogP contribution is 1.94. The molecule has 1 heterocycles. The lowest BCUT2D eigenvalue weighted by Gasteiger charge is -2.11. The average molecular weight is 193 g/mol. The lowest BCUT2D eigenvalue weighted by molar-refractivity contribution is 0.315. The zero-order chi connectivity index (χ0) is 10.4. The molecule has 1 aromatic heterocycles. The smallest absolute Gasteiger partial charge is 0.0706 e. The molecule has 1 rings (SSSR count). The van der Waals surface area contributed by atoms with Gasteiger partial charge in [-0.05, 0) is 26.0 Å². The van der Waals surface area contributed by atoms with Crippen molar-refractivity contribution >= 4 is 5.71 Å². The first-order valence-electron chi connectivity index (χ1n) is 4.56. The molecule has 0 fully saturated rings. The van der Waals surface area contributed by atoms with E-state index < -0.39 is 0 Å². The molecule has 0 aliphatic rings. The van der Waals surface area contributed by atoms with Crippen LogP contribution in [0.25, 0.3) is 0 Å². The van der Waals surface area contributed by atoms with E-state index in [0.29, 0.717) is 12.3 Å². The first-order valence-corrected chi connectivity index (χ1v) is 4.56. The second kappa shape index (κ2) is 5.34. The molecule has 76 valence electrons. The van der Waals surface area contributed by atoms with E-state index in [9.17, 15) is 0 Å². The summed E-state index contributed by atoms with van der Waals surface area (Å²) in [5, 5.41) is 14.9. The molecule has 4 heteroatoms. The fourth-order valence-electron chi connectivity index (χ4n) is 0.995. The lowest BCUT2D eigenvalue weighted by atomic mass is 10.2. The van der Waals surface area contributed by atoms with Gasteiger partial charge in [0.25, 0.3) is 0 Å². The maximum atomic E-state index is 8.53. The highest BCUT2D eigenvalue weighted by atomic mass is 16.4. The summed E-state index contributed by atoms with van der Waals surface area (Å²) in [5.74, 6) is 0. The van der Waals surface area contributed by atoms with Crippen molar-refractivity contribution in [2.75, 3.05) is 0 Å². The second-order valence-electron chi connectivity index (χ2n) is 3.17. The van der Waals surface area contributed by atoms with Gasteiger partial charge in [0, 0.05) is 18.8 Å². The molecule has 0 amide bonds. The van der Waals surface area contributed by atoms with Gasteiger partial charge in [0.05, 0.1) is 11.4 Å². The molecule has 1 atom stereocenters. The largest absolute Gasteiger partial charge is 0.411 e. The molecule has 0 bridgehead atoms. The molecule has 0 saturated carbocycles. The number of hydrogen-bond donors (Lipinski definition) is 2. The van der Waals surface area contributed by atoms with Crippen LogP contribution in [0.4, 0.5) is 0 Å². The first kappa shape index (κ1) is 10.7. The van der Waals surface area contributed by atoms with Gasteiger partial charge in [0.1, 0.15) is 0 Å². The van der Waals surface area contributed by atoms with Crippen molar-refractivity contribution < 1.29 is 5.21 Å². The number of aromatic nitrogens is 1. The summed E-state index contributed by atoms with van der Waals surface area (Å²) in [4.78, 5) is 4.17. The number of nitrogens with zero attached hydrogens (tertiary/aromatic N) is 2. The number of oxime groups is 1. The minimum absolute atomic E-state index is 0.0574. The summed E-state index contributed by atoms with van der Waals surface area (Å²) in [7, 11) is 0. The van der Waals surface area contributed by atoms with E-state index in [-0.39, 0.29) is 6.04 Å². The summed E-state index contributed by atoms with van der Waals surface area (Å²) in [6.07, 6.45) is 1.76. The zero-order valence-electron chi connectivity index (χ0n) is 8.44. The van der Waals surface area contributed by atoms with Gasteiger partial charge in [-0.25, -0.2) is 0 Å². The van der Waals surface area contributed by atoms with Gasteiger partial charge in [0.2, 0.25) is 0 Å². The van der Waals surface area contributed by atoms with Crippen LogP contribution in [0.5, 0.6) is 0 Å². The summed E-state index contributed by atoms with van der Waals surface area (Å²) < 4.78 is 0. The summed E-state index contributed by atoms with van der Waals surface area (Å²) in [6.45, 7) is 4.39. The van der Waals surface area contributed by atoms with Gasteiger partial charge in [-0.15, -0.1) is 0 Å². The Morgan fingerprint density at radius 3 is 3.00 bits per heavy atom. The number of nitrogens with one attached hydrogen (secondary N) is 1. The minimum atomic E-state index is 0.0574. The van der Waals surface area contributed by atoms with Crippen molar-refractivity contribution in [1.29, 1.82) is 0 Å². The Morgan fingerprint density at radius 1 is 1.64 bits per heavy atom. The minimum Gasteiger partial charge on any atom is -0.411 e. The topological polar surface area (TPSA) is 57.5 Å². The Hall–Kier alpha value is -1.42. The molecular formula is C10H15N3O. The molecule has 0 unspecified atom stereocenters. The molecule has 1 aromatic rings. The monoisotopic (exact) mass is 193 g/mol. The normalized spacial score (nSPS) is 14.0. The van der Waals surface area contributed by atoms with Crippen molar-refractivity contribution in [2.24, 2.45) is 5.16 Å². The quantitative estimate of drug-likeness (QED) is 0.432. The number of hydrogen-bond acceptors (Lipinski definition) is 4. The fourth-order valence-corrected chi connectivity index (χ4v) is 0.995. The van der Waals surface area contributed by atoms with Gasteiger partial charge in [-0.2, -0.15) is 0 Å². The predicted molar refractivity (Wildman–Crippen MR) is 55.4 cm³/mol. The van der Waals surface area contributed by atoms with E-state index in [1.807, 2.05) is 25.1 Å². The molecule has 14 heavy (non-hydrogen) atoms. The first-order chi connectivity index (χ1) is 6.74. The van der Waals surface area contributed by atoms with Crippen LogP contribution in [0.3, 0.4) is 0 Å². The van der Waals surface area contributed by atoms with Gasteiger partial charge in [0.15, 0.2) is 0 Å². The van der Waals surface area contributed by atoms with Crippen molar-refractivity contribution in [3.05, 3.63) is 30.1 Å². The maximum Gasteiger partial charge on any atom is 0.0706 e. The molecule has 0 saturated heterocycles. The van der Waals surface area contributed by atoms with Gasteiger partial charge in [-0.3, -0.25) is 4.98 Å². The Kier molecular flexibility index (Phi) is 4.07. The van der Waals surface area contributed by atoms with Crippen LogP contribution in [0, 0.1) is 0 Å². The van der Waals surface area contributed by atoms with Crippen molar-refractivity contribution in [3.8, 4) is 0 Å². The van der Waals surface area contributed by atoms with Gasteiger partial charge >= 0.3 is 0 Å². The summed E-state index contributed by atoms with van der Waals surface area (Å²) >= 11 is 0.